The third kappa shape index (κ3) is 5.04. The third-order valence-electron chi connectivity index (χ3n) is 3.50. The standard InChI is InChI=1S/C16H19N3O6S2/c1-3-18-27(23,24)13-8-9-15(25-2)14(10-13)16(20)19-11-4-6-12(7-5-11)26(17,21)22/h4-10,18H,3H2,1-2H3,(H,19,20)(H2,17,21,22). The summed E-state index contributed by atoms with van der Waals surface area (Å²) < 4.78 is 54.3. The van der Waals surface area contributed by atoms with Gasteiger partial charge in [0, 0.05) is 12.2 Å². The van der Waals surface area contributed by atoms with E-state index in [1.807, 2.05) is 0 Å². The summed E-state index contributed by atoms with van der Waals surface area (Å²) in [7, 11) is -6.24. The van der Waals surface area contributed by atoms with Gasteiger partial charge in [0.2, 0.25) is 20.0 Å². The summed E-state index contributed by atoms with van der Waals surface area (Å²) in [4.78, 5) is 12.4. The Hall–Kier alpha value is -2.47. The topological polar surface area (TPSA) is 145 Å². The van der Waals surface area contributed by atoms with E-state index in [0.717, 1.165) is 0 Å². The van der Waals surface area contributed by atoms with Crippen molar-refractivity contribution in [2.75, 3.05) is 19.0 Å². The molecule has 0 atom stereocenters. The number of methoxy groups -OCH3 is 1. The summed E-state index contributed by atoms with van der Waals surface area (Å²) in [6.07, 6.45) is 0. The lowest BCUT2D eigenvalue weighted by Crippen LogP contribution is -2.24. The SMILES string of the molecule is CCNS(=O)(=O)c1ccc(OC)c(C(=O)Nc2ccc(S(N)(=O)=O)cc2)c1. The fourth-order valence-electron chi connectivity index (χ4n) is 2.23. The summed E-state index contributed by atoms with van der Waals surface area (Å²) in [5, 5.41) is 7.58. The van der Waals surface area contributed by atoms with E-state index in [0.29, 0.717) is 5.69 Å². The molecule has 0 fully saturated rings. The van der Waals surface area contributed by atoms with Gasteiger partial charge in [0.25, 0.3) is 5.91 Å². The number of nitrogens with two attached hydrogens (primary N) is 1. The summed E-state index contributed by atoms with van der Waals surface area (Å²) in [6.45, 7) is 1.84. The molecule has 0 aromatic heterocycles. The molecule has 0 heterocycles. The van der Waals surface area contributed by atoms with E-state index in [9.17, 15) is 21.6 Å². The van der Waals surface area contributed by atoms with Crippen molar-refractivity contribution in [2.45, 2.75) is 16.7 Å². The quantitative estimate of drug-likeness (QED) is 0.615. The molecule has 0 saturated carbocycles. The molecule has 4 N–H and O–H groups in total. The fraction of sp³-hybridized carbons (Fsp3) is 0.188. The van der Waals surface area contributed by atoms with E-state index >= 15 is 0 Å². The van der Waals surface area contributed by atoms with Crippen molar-refractivity contribution in [3.05, 3.63) is 48.0 Å². The Morgan fingerprint density at radius 1 is 1.04 bits per heavy atom. The van der Waals surface area contributed by atoms with Gasteiger partial charge in [-0.25, -0.2) is 26.7 Å². The zero-order chi connectivity index (χ0) is 20.2. The zero-order valence-electron chi connectivity index (χ0n) is 14.6. The van der Waals surface area contributed by atoms with E-state index in [4.69, 9.17) is 9.88 Å². The van der Waals surface area contributed by atoms with Crippen LogP contribution in [-0.4, -0.2) is 36.4 Å². The summed E-state index contributed by atoms with van der Waals surface area (Å²) in [5.41, 5.74) is 0.307. The first-order valence-electron chi connectivity index (χ1n) is 7.70. The first kappa shape index (κ1) is 20.8. The number of rotatable bonds is 7. The van der Waals surface area contributed by atoms with E-state index in [1.54, 1.807) is 6.92 Å². The number of ether oxygens (including phenoxy) is 1. The van der Waals surface area contributed by atoms with Crippen LogP contribution in [0.2, 0.25) is 0 Å². The molecular weight excluding hydrogens is 394 g/mol. The van der Waals surface area contributed by atoms with Crippen molar-refractivity contribution in [3.8, 4) is 5.75 Å². The summed E-state index contributed by atoms with van der Waals surface area (Å²) in [6, 6.07) is 9.12. The predicted octanol–water partition coefficient (Wildman–Crippen LogP) is 0.893. The van der Waals surface area contributed by atoms with Crippen LogP contribution in [0.25, 0.3) is 0 Å². The lowest BCUT2D eigenvalue weighted by Gasteiger charge is -2.12. The van der Waals surface area contributed by atoms with Crippen LogP contribution in [0.5, 0.6) is 5.75 Å². The molecule has 11 heteroatoms. The van der Waals surface area contributed by atoms with Crippen LogP contribution in [0.15, 0.2) is 52.3 Å². The van der Waals surface area contributed by atoms with Gasteiger partial charge in [0.1, 0.15) is 5.75 Å². The van der Waals surface area contributed by atoms with Crippen molar-refractivity contribution in [2.24, 2.45) is 5.14 Å². The Labute approximate surface area is 157 Å². The number of anilines is 1. The molecule has 0 unspecified atom stereocenters. The summed E-state index contributed by atoms with van der Waals surface area (Å²) in [5.74, 6) is -0.437. The molecule has 0 spiro atoms. The molecule has 2 aromatic carbocycles. The van der Waals surface area contributed by atoms with Gasteiger partial charge in [-0.3, -0.25) is 4.79 Å². The maximum atomic E-state index is 12.6. The molecule has 0 aliphatic heterocycles. The molecule has 2 rings (SSSR count). The molecule has 2 aromatic rings. The number of sulfonamides is 2. The first-order valence-corrected chi connectivity index (χ1v) is 10.7. The Balaban J connectivity index is 2.34. The lowest BCUT2D eigenvalue weighted by molar-refractivity contribution is 0.102. The van der Waals surface area contributed by atoms with Gasteiger partial charge in [-0.15, -0.1) is 0 Å². The second-order valence-electron chi connectivity index (χ2n) is 5.39. The van der Waals surface area contributed by atoms with E-state index in [1.165, 1.54) is 49.6 Å². The van der Waals surface area contributed by atoms with Crippen LogP contribution in [0.1, 0.15) is 17.3 Å². The summed E-state index contributed by atoms with van der Waals surface area (Å²) >= 11 is 0. The minimum Gasteiger partial charge on any atom is -0.496 e. The van der Waals surface area contributed by atoms with Gasteiger partial charge in [-0.05, 0) is 42.5 Å². The molecular formula is C16H19N3O6S2. The Morgan fingerprint density at radius 2 is 1.63 bits per heavy atom. The van der Waals surface area contributed by atoms with E-state index in [-0.39, 0.29) is 27.6 Å². The highest BCUT2D eigenvalue weighted by Crippen LogP contribution is 2.24. The largest absolute Gasteiger partial charge is 0.496 e. The van der Waals surface area contributed by atoms with Crippen LogP contribution in [0, 0.1) is 0 Å². The number of primary sulfonamides is 1. The van der Waals surface area contributed by atoms with E-state index < -0.39 is 26.0 Å². The fourth-order valence-corrected chi connectivity index (χ4v) is 3.81. The van der Waals surface area contributed by atoms with Crippen molar-refractivity contribution in [1.82, 2.24) is 4.72 Å². The van der Waals surface area contributed by atoms with Gasteiger partial charge in [0.15, 0.2) is 0 Å². The van der Waals surface area contributed by atoms with Crippen LogP contribution >= 0.6 is 0 Å². The highest BCUT2D eigenvalue weighted by atomic mass is 32.2. The number of carbonyl (C=O) groups is 1. The number of amides is 1. The molecule has 0 radical (unpaired) electrons. The smallest absolute Gasteiger partial charge is 0.259 e. The van der Waals surface area contributed by atoms with Crippen molar-refractivity contribution in [1.29, 1.82) is 0 Å². The highest BCUT2D eigenvalue weighted by Gasteiger charge is 2.19. The number of nitrogens with one attached hydrogen (secondary N) is 2. The van der Waals surface area contributed by atoms with Gasteiger partial charge in [-0.1, -0.05) is 6.92 Å². The maximum Gasteiger partial charge on any atom is 0.259 e. The predicted molar refractivity (Wildman–Crippen MR) is 99.6 cm³/mol. The second kappa shape index (κ2) is 8.05. The lowest BCUT2D eigenvalue weighted by atomic mass is 10.2. The van der Waals surface area contributed by atoms with Gasteiger partial charge >= 0.3 is 0 Å². The normalized spacial score (nSPS) is 11.8. The van der Waals surface area contributed by atoms with Crippen LogP contribution < -0.4 is 19.9 Å². The molecule has 0 bridgehead atoms. The first-order chi connectivity index (χ1) is 12.6. The number of benzene rings is 2. The van der Waals surface area contributed by atoms with Gasteiger partial charge in [0.05, 0.1) is 22.5 Å². The van der Waals surface area contributed by atoms with Gasteiger partial charge < -0.3 is 10.1 Å². The van der Waals surface area contributed by atoms with Crippen molar-refractivity contribution in [3.63, 3.8) is 0 Å². The second-order valence-corrected chi connectivity index (χ2v) is 8.72. The molecule has 0 aliphatic rings. The minimum atomic E-state index is -3.84. The van der Waals surface area contributed by atoms with Crippen LogP contribution in [0.3, 0.4) is 0 Å². The molecule has 146 valence electrons. The molecule has 9 nitrogen and oxygen atoms in total. The number of carbonyl (C=O) groups excluding carboxylic acids is 1. The zero-order valence-corrected chi connectivity index (χ0v) is 16.2. The minimum absolute atomic E-state index is 0.00648. The maximum absolute atomic E-state index is 12.6. The van der Waals surface area contributed by atoms with Gasteiger partial charge in [-0.2, -0.15) is 0 Å². The highest BCUT2D eigenvalue weighted by molar-refractivity contribution is 7.89. The number of hydrogen-bond acceptors (Lipinski definition) is 6. The monoisotopic (exact) mass is 413 g/mol. The van der Waals surface area contributed by atoms with Crippen LogP contribution in [-0.2, 0) is 20.0 Å². The van der Waals surface area contributed by atoms with Crippen LogP contribution in [0.4, 0.5) is 5.69 Å². The molecule has 1 amide bonds. The average molecular weight is 413 g/mol. The third-order valence-corrected chi connectivity index (χ3v) is 5.97. The van der Waals surface area contributed by atoms with E-state index in [2.05, 4.69) is 10.0 Å². The van der Waals surface area contributed by atoms with Crippen molar-refractivity contribution >= 4 is 31.6 Å². The molecule has 27 heavy (non-hydrogen) atoms. The Morgan fingerprint density at radius 3 is 2.15 bits per heavy atom. The van der Waals surface area contributed by atoms with Crippen molar-refractivity contribution < 1.29 is 26.4 Å². The average Bonchev–Trinajstić information content (AvgIpc) is 2.60. The molecule has 0 aliphatic carbocycles. The Bertz CT molecular complexity index is 1050. The Kier molecular flexibility index (Phi) is 6.21. The molecule has 0 saturated heterocycles. The number of hydrogen-bond donors (Lipinski definition) is 3.